The first-order chi connectivity index (χ1) is 12.0. The van der Waals surface area contributed by atoms with Gasteiger partial charge in [0.25, 0.3) is 5.91 Å². The maximum atomic E-state index is 12.7. The number of carbonyl (C=O) groups excluding carboxylic acids is 2. The first-order valence-electron chi connectivity index (χ1n) is 7.39. The summed E-state index contributed by atoms with van der Waals surface area (Å²) in [6.07, 6.45) is 0. The van der Waals surface area contributed by atoms with Crippen LogP contribution >= 0.6 is 11.6 Å². The number of benzene rings is 2. The molecule has 25 heavy (non-hydrogen) atoms. The summed E-state index contributed by atoms with van der Waals surface area (Å²) in [5.74, 6) is -0.546. The zero-order chi connectivity index (χ0) is 18.0. The number of halogens is 1. The lowest BCUT2D eigenvalue weighted by Gasteiger charge is -2.07. The summed E-state index contributed by atoms with van der Waals surface area (Å²) in [6, 6.07) is 13.3. The third kappa shape index (κ3) is 3.39. The number of amides is 2. The van der Waals surface area contributed by atoms with Crippen molar-refractivity contribution in [2.24, 2.45) is 5.73 Å². The van der Waals surface area contributed by atoms with Crippen molar-refractivity contribution in [2.45, 2.75) is 6.92 Å². The molecule has 0 saturated heterocycles. The number of carbonyl (C=O) groups is 2. The molecule has 0 radical (unpaired) electrons. The van der Waals surface area contributed by atoms with E-state index in [-0.39, 0.29) is 5.91 Å². The van der Waals surface area contributed by atoms with Gasteiger partial charge in [-0.05, 0) is 37.3 Å². The van der Waals surface area contributed by atoms with Gasteiger partial charge in [0, 0.05) is 16.8 Å². The molecule has 0 spiro atoms. The van der Waals surface area contributed by atoms with Crippen LogP contribution in [0, 0.1) is 6.92 Å². The maximum Gasteiger partial charge on any atom is 0.261 e. The molecule has 0 aliphatic rings. The zero-order valence-electron chi connectivity index (χ0n) is 13.2. The van der Waals surface area contributed by atoms with Crippen molar-refractivity contribution in [2.75, 3.05) is 5.32 Å². The van der Waals surface area contributed by atoms with Gasteiger partial charge in [0.05, 0.1) is 5.02 Å². The molecule has 0 aliphatic heterocycles. The van der Waals surface area contributed by atoms with Gasteiger partial charge in [0.2, 0.25) is 5.91 Å². The molecule has 7 heteroatoms. The summed E-state index contributed by atoms with van der Waals surface area (Å²) in [4.78, 5) is 23.8. The quantitative estimate of drug-likeness (QED) is 0.746. The van der Waals surface area contributed by atoms with E-state index in [2.05, 4.69) is 10.5 Å². The molecule has 3 N–H and O–H groups in total. The Morgan fingerprint density at radius 1 is 1.12 bits per heavy atom. The predicted octanol–water partition coefficient (Wildman–Crippen LogP) is 3.65. The first-order valence-corrected chi connectivity index (χ1v) is 7.77. The Balaban J connectivity index is 1.92. The molecule has 1 heterocycles. The van der Waals surface area contributed by atoms with Gasteiger partial charge in [-0.25, -0.2) is 0 Å². The average molecular weight is 356 g/mol. The predicted molar refractivity (Wildman–Crippen MR) is 94.6 cm³/mol. The summed E-state index contributed by atoms with van der Waals surface area (Å²) < 4.78 is 5.18. The second-order valence-electron chi connectivity index (χ2n) is 5.34. The Hall–Kier alpha value is -3.12. The third-order valence-electron chi connectivity index (χ3n) is 3.65. The molecule has 0 fully saturated rings. The summed E-state index contributed by atoms with van der Waals surface area (Å²) >= 11 is 6.19. The van der Waals surface area contributed by atoms with Crippen molar-refractivity contribution >= 4 is 29.1 Å². The van der Waals surface area contributed by atoms with Gasteiger partial charge in [0.15, 0.2) is 0 Å². The molecule has 0 saturated carbocycles. The Morgan fingerprint density at radius 3 is 2.44 bits per heavy atom. The second kappa shape index (κ2) is 6.78. The Labute approximate surface area is 148 Å². The molecular formula is C18H14ClN3O3. The van der Waals surface area contributed by atoms with Crippen LogP contribution in [0.4, 0.5) is 5.69 Å². The summed E-state index contributed by atoms with van der Waals surface area (Å²) in [5, 5.41) is 7.18. The van der Waals surface area contributed by atoms with E-state index in [0.29, 0.717) is 38.9 Å². The van der Waals surface area contributed by atoms with E-state index in [1.54, 1.807) is 43.3 Å². The smallest absolute Gasteiger partial charge is 0.261 e. The van der Waals surface area contributed by atoms with E-state index in [1.165, 1.54) is 12.1 Å². The monoisotopic (exact) mass is 355 g/mol. The van der Waals surface area contributed by atoms with Gasteiger partial charge in [-0.2, -0.15) is 0 Å². The minimum Gasteiger partial charge on any atom is -0.366 e. The molecular weight excluding hydrogens is 342 g/mol. The largest absolute Gasteiger partial charge is 0.366 e. The molecule has 0 atom stereocenters. The molecule has 0 unspecified atom stereocenters. The van der Waals surface area contributed by atoms with Crippen LogP contribution in [0.2, 0.25) is 5.02 Å². The highest BCUT2D eigenvalue weighted by molar-refractivity contribution is 6.33. The third-order valence-corrected chi connectivity index (χ3v) is 3.98. The molecule has 3 rings (SSSR count). The van der Waals surface area contributed by atoms with Crippen LogP contribution in [-0.4, -0.2) is 17.0 Å². The average Bonchev–Trinajstić information content (AvgIpc) is 2.97. The maximum absolute atomic E-state index is 12.7. The number of hydrogen-bond acceptors (Lipinski definition) is 4. The molecule has 2 amide bonds. The van der Waals surface area contributed by atoms with Crippen molar-refractivity contribution in [3.8, 4) is 11.3 Å². The van der Waals surface area contributed by atoms with Gasteiger partial charge in [-0.3, -0.25) is 9.59 Å². The Bertz CT molecular complexity index is 948. The second-order valence-corrected chi connectivity index (χ2v) is 5.75. The van der Waals surface area contributed by atoms with Crippen molar-refractivity contribution in [1.29, 1.82) is 0 Å². The minimum atomic E-state index is -0.534. The van der Waals surface area contributed by atoms with Crippen LogP contribution in [0.3, 0.4) is 0 Å². The van der Waals surface area contributed by atoms with Gasteiger partial charge in [-0.15, -0.1) is 0 Å². The minimum absolute atomic E-state index is 0.298. The highest BCUT2D eigenvalue weighted by atomic mass is 35.5. The van der Waals surface area contributed by atoms with Crippen molar-refractivity contribution < 1.29 is 14.1 Å². The van der Waals surface area contributed by atoms with Crippen LogP contribution in [0.5, 0.6) is 0 Å². The van der Waals surface area contributed by atoms with Gasteiger partial charge in [-0.1, -0.05) is 35.0 Å². The van der Waals surface area contributed by atoms with E-state index in [4.69, 9.17) is 21.9 Å². The van der Waals surface area contributed by atoms with E-state index < -0.39 is 5.91 Å². The number of nitrogens with two attached hydrogens (primary N) is 1. The van der Waals surface area contributed by atoms with E-state index in [0.717, 1.165) is 0 Å². The van der Waals surface area contributed by atoms with Gasteiger partial charge < -0.3 is 15.6 Å². The number of nitrogens with zero attached hydrogens (tertiary/aromatic N) is 1. The SMILES string of the molecule is Cc1onc(-c2ccccc2Cl)c1C(=O)Nc1ccc(C(N)=O)cc1. The van der Waals surface area contributed by atoms with Crippen LogP contribution < -0.4 is 11.1 Å². The topological polar surface area (TPSA) is 98.2 Å². The first kappa shape index (κ1) is 16.7. The summed E-state index contributed by atoms with van der Waals surface area (Å²) in [7, 11) is 0. The highest BCUT2D eigenvalue weighted by Crippen LogP contribution is 2.31. The molecule has 3 aromatic rings. The summed E-state index contributed by atoms with van der Waals surface area (Å²) in [6.45, 7) is 1.65. The number of rotatable bonds is 4. The van der Waals surface area contributed by atoms with Crippen LogP contribution in [0.15, 0.2) is 53.1 Å². The summed E-state index contributed by atoms with van der Waals surface area (Å²) in [5.41, 5.74) is 7.35. The molecule has 0 aliphatic carbocycles. The Kier molecular flexibility index (Phi) is 4.54. The van der Waals surface area contributed by atoms with Crippen LogP contribution in [0.25, 0.3) is 11.3 Å². The molecule has 0 bridgehead atoms. The number of aryl methyl sites for hydroxylation is 1. The van der Waals surface area contributed by atoms with E-state index in [1.807, 2.05) is 0 Å². The van der Waals surface area contributed by atoms with E-state index in [9.17, 15) is 9.59 Å². The molecule has 1 aromatic heterocycles. The number of aromatic nitrogens is 1. The molecule has 6 nitrogen and oxygen atoms in total. The zero-order valence-corrected chi connectivity index (χ0v) is 14.0. The Morgan fingerprint density at radius 2 is 1.80 bits per heavy atom. The lowest BCUT2D eigenvalue weighted by Crippen LogP contribution is -2.14. The highest BCUT2D eigenvalue weighted by Gasteiger charge is 2.23. The number of primary amides is 1. The fourth-order valence-electron chi connectivity index (χ4n) is 2.39. The molecule has 2 aromatic carbocycles. The van der Waals surface area contributed by atoms with Crippen molar-refractivity contribution in [3.63, 3.8) is 0 Å². The van der Waals surface area contributed by atoms with E-state index >= 15 is 0 Å². The van der Waals surface area contributed by atoms with Crippen LogP contribution in [0.1, 0.15) is 26.5 Å². The molecule has 126 valence electrons. The van der Waals surface area contributed by atoms with Gasteiger partial charge >= 0.3 is 0 Å². The number of nitrogens with one attached hydrogen (secondary N) is 1. The van der Waals surface area contributed by atoms with Crippen LogP contribution in [-0.2, 0) is 0 Å². The number of hydrogen-bond donors (Lipinski definition) is 2. The lowest BCUT2D eigenvalue weighted by atomic mass is 10.1. The fraction of sp³-hybridized carbons (Fsp3) is 0.0556. The normalized spacial score (nSPS) is 10.5. The fourth-order valence-corrected chi connectivity index (χ4v) is 2.61. The van der Waals surface area contributed by atoms with Crippen molar-refractivity contribution in [3.05, 3.63) is 70.4 Å². The lowest BCUT2D eigenvalue weighted by molar-refractivity contribution is 0.0998. The number of anilines is 1. The van der Waals surface area contributed by atoms with Gasteiger partial charge in [0.1, 0.15) is 17.0 Å². The van der Waals surface area contributed by atoms with Crippen molar-refractivity contribution in [1.82, 2.24) is 5.16 Å². The standard InChI is InChI=1S/C18H14ClN3O3/c1-10-15(16(22-25-10)13-4-2-3-5-14(13)19)18(24)21-12-8-6-11(7-9-12)17(20)23/h2-9H,1H3,(H2,20,23)(H,21,24).